The fourth-order valence-corrected chi connectivity index (χ4v) is 2.20. The first kappa shape index (κ1) is 17.8. The fraction of sp³-hybridized carbons (Fsp3) is 0.438. The third-order valence-corrected chi connectivity index (χ3v) is 3.18. The lowest BCUT2D eigenvalue weighted by atomic mass is 10.1. The summed E-state index contributed by atoms with van der Waals surface area (Å²) in [5.41, 5.74) is 2.64. The molecule has 1 aromatic rings. The third-order valence-electron chi connectivity index (χ3n) is 3.18. The van der Waals surface area contributed by atoms with Crippen LogP contribution in [-0.4, -0.2) is 32.2 Å². The van der Waals surface area contributed by atoms with Crippen molar-refractivity contribution in [3.05, 3.63) is 42.0 Å². The zero-order valence-corrected chi connectivity index (χ0v) is 14.9. The summed E-state index contributed by atoms with van der Waals surface area (Å²) in [5, 5.41) is 6.42. The average Bonchev–Trinajstić information content (AvgIpc) is 2.92. The Labute approximate surface area is 144 Å². The summed E-state index contributed by atoms with van der Waals surface area (Å²) in [6, 6.07) is 6.44. The summed E-state index contributed by atoms with van der Waals surface area (Å²) < 4.78 is 5.52. The Morgan fingerprint density at radius 1 is 1.43 bits per heavy atom. The lowest BCUT2D eigenvalue weighted by Crippen LogP contribution is -2.37. The highest BCUT2D eigenvalue weighted by molar-refractivity contribution is 14.0. The van der Waals surface area contributed by atoms with Crippen LogP contribution in [0, 0.1) is 0 Å². The van der Waals surface area contributed by atoms with Gasteiger partial charge in [0.05, 0.1) is 6.61 Å². The first-order valence-corrected chi connectivity index (χ1v) is 7.21. The van der Waals surface area contributed by atoms with Gasteiger partial charge in [-0.05, 0) is 30.5 Å². The molecule has 0 fully saturated rings. The van der Waals surface area contributed by atoms with Gasteiger partial charge in [-0.25, -0.2) is 0 Å². The molecule has 21 heavy (non-hydrogen) atoms. The lowest BCUT2D eigenvalue weighted by molar-refractivity contribution is 0.357. The minimum atomic E-state index is 0. The van der Waals surface area contributed by atoms with Crippen LogP contribution in [0.5, 0.6) is 5.75 Å². The van der Waals surface area contributed by atoms with Crippen molar-refractivity contribution in [3.63, 3.8) is 0 Å². The van der Waals surface area contributed by atoms with E-state index < -0.39 is 0 Å². The van der Waals surface area contributed by atoms with Crippen LogP contribution < -0.4 is 15.4 Å². The summed E-state index contributed by atoms with van der Waals surface area (Å²) in [6.45, 7) is 8.92. The highest BCUT2D eigenvalue weighted by Crippen LogP contribution is 2.25. The molecule has 0 aliphatic carbocycles. The molecule has 1 aliphatic rings. The van der Waals surface area contributed by atoms with Crippen LogP contribution >= 0.6 is 24.0 Å². The normalized spacial score (nSPS) is 12.9. The SMILES string of the molecule is C=CCNC(=NCCc1ccc2c(c1)CCO2)NCC.I. The number of ether oxygens (including phenoxy) is 1. The van der Waals surface area contributed by atoms with E-state index in [1.165, 1.54) is 11.1 Å². The Hall–Kier alpha value is -1.24. The molecular weight excluding hydrogens is 377 g/mol. The van der Waals surface area contributed by atoms with Gasteiger partial charge in [0.1, 0.15) is 5.75 Å². The summed E-state index contributed by atoms with van der Waals surface area (Å²) in [4.78, 5) is 4.56. The quantitative estimate of drug-likeness (QED) is 0.333. The molecule has 1 heterocycles. The zero-order chi connectivity index (χ0) is 14.2. The van der Waals surface area contributed by atoms with Gasteiger partial charge in [-0.15, -0.1) is 30.6 Å². The predicted molar refractivity (Wildman–Crippen MR) is 98.9 cm³/mol. The second-order valence-corrected chi connectivity index (χ2v) is 4.72. The molecule has 1 aliphatic heterocycles. The second-order valence-electron chi connectivity index (χ2n) is 4.72. The molecule has 0 aromatic heterocycles. The van der Waals surface area contributed by atoms with Crippen LogP contribution in [0.1, 0.15) is 18.1 Å². The third kappa shape index (κ3) is 5.57. The van der Waals surface area contributed by atoms with Gasteiger partial charge in [-0.2, -0.15) is 0 Å². The van der Waals surface area contributed by atoms with Gasteiger partial charge >= 0.3 is 0 Å². The summed E-state index contributed by atoms with van der Waals surface area (Å²) in [5.74, 6) is 1.88. The fourth-order valence-electron chi connectivity index (χ4n) is 2.20. The Bertz CT molecular complexity index is 488. The Morgan fingerprint density at radius 2 is 2.29 bits per heavy atom. The van der Waals surface area contributed by atoms with Gasteiger partial charge in [-0.3, -0.25) is 4.99 Å². The van der Waals surface area contributed by atoms with Crippen molar-refractivity contribution in [2.24, 2.45) is 4.99 Å². The molecule has 5 heteroatoms. The van der Waals surface area contributed by atoms with E-state index in [0.29, 0.717) is 0 Å². The molecule has 0 unspecified atom stereocenters. The first-order valence-electron chi connectivity index (χ1n) is 7.21. The molecule has 0 spiro atoms. The number of rotatable bonds is 6. The van der Waals surface area contributed by atoms with E-state index in [9.17, 15) is 0 Å². The highest BCUT2D eigenvalue weighted by atomic mass is 127. The molecule has 1 aromatic carbocycles. The number of nitrogens with one attached hydrogen (secondary N) is 2. The topological polar surface area (TPSA) is 45.7 Å². The largest absolute Gasteiger partial charge is 0.493 e. The van der Waals surface area contributed by atoms with E-state index in [2.05, 4.69) is 47.3 Å². The maximum atomic E-state index is 5.52. The summed E-state index contributed by atoms with van der Waals surface area (Å²) in [7, 11) is 0. The van der Waals surface area contributed by atoms with Crippen LogP contribution in [0.3, 0.4) is 0 Å². The van der Waals surface area contributed by atoms with Crippen molar-refractivity contribution in [2.75, 3.05) is 26.2 Å². The van der Waals surface area contributed by atoms with Crippen molar-refractivity contribution in [3.8, 4) is 5.75 Å². The van der Waals surface area contributed by atoms with Gasteiger partial charge < -0.3 is 15.4 Å². The monoisotopic (exact) mass is 401 g/mol. The predicted octanol–water partition coefficient (Wildman–Crippen LogP) is 2.52. The van der Waals surface area contributed by atoms with E-state index in [1.807, 2.05) is 6.08 Å². The molecule has 2 N–H and O–H groups in total. The van der Waals surface area contributed by atoms with Crippen LogP contribution in [-0.2, 0) is 12.8 Å². The van der Waals surface area contributed by atoms with Gasteiger partial charge in [0, 0.05) is 26.1 Å². The van der Waals surface area contributed by atoms with Crippen LogP contribution in [0.2, 0.25) is 0 Å². The highest BCUT2D eigenvalue weighted by Gasteiger charge is 2.11. The Morgan fingerprint density at radius 3 is 3.05 bits per heavy atom. The number of fused-ring (bicyclic) bond motifs is 1. The molecule has 0 amide bonds. The average molecular weight is 401 g/mol. The van der Waals surface area contributed by atoms with Gasteiger partial charge in [-0.1, -0.05) is 18.2 Å². The maximum Gasteiger partial charge on any atom is 0.191 e. The minimum absolute atomic E-state index is 0. The first-order chi connectivity index (χ1) is 9.83. The zero-order valence-electron chi connectivity index (χ0n) is 12.5. The standard InChI is InChI=1S/C16H23N3O.HI/c1-3-9-18-16(17-4-2)19-10-7-13-5-6-15-14(12-13)8-11-20-15;/h3,5-6,12H,1,4,7-11H2,2H3,(H2,17,18,19);1H. The van der Waals surface area contributed by atoms with Gasteiger partial charge in [0.2, 0.25) is 0 Å². The smallest absolute Gasteiger partial charge is 0.191 e. The molecule has 0 bridgehead atoms. The molecular formula is C16H24IN3O. The van der Waals surface area contributed by atoms with E-state index >= 15 is 0 Å². The molecule has 0 saturated carbocycles. The van der Waals surface area contributed by atoms with E-state index in [-0.39, 0.29) is 24.0 Å². The molecule has 2 rings (SSSR count). The van der Waals surface area contributed by atoms with Crippen molar-refractivity contribution in [1.82, 2.24) is 10.6 Å². The second kappa shape index (κ2) is 9.65. The van der Waals surface area contributed by atoms with Gasteiger partial charge in [0.25, 0.3) is 0 Å². The number of hydrogen-bond acceptors (Lipinski definition) is 2. The Balaban J connectivity index is 0.00000220. The molecule has 0 radical (unpaired) electrons. The van der Waals surface area contributed by atoms with Crippen LogP contribution in [0.4, 0.5) is 0 Å². The van der Waals surface area contributed by atoms with Gasteiger partial charge in [0.15, 0.2) is 5.96 Å². The van der Waals surface area contributed by atoms with Crippen LogP contribution in [0.25, 0.3) is 0 Å². The van der Waals surface area contributed by atoms with Crippen molar-refractivity contribution in [2.45, 2.75) is 19.8 Å². The van der Waals surface area contributed by atoms with E-state index in [0.717, 1.165) is 50.8 Å². The molecule has 116 valence electrons. The van der Waals surface area contributed by atoms with Crippen LogP contribution in [0.15, 0.2) is 35.8 Å². The van der Waals surface area contributed by atoms with E-state index in [1.54, 1.807) is 0 Å². The summed E-state index contributed by atoms with van der Waals surface area (Å²) >= 11 is 0. The number of guanidine groups is 1. The van der Waals surface area contributed by atoms with Crippen molar-refractivity contribution >= 4 is 29.9 Å². The maximum absolute atomic E-state index is 5.52. The number of halogens is 1. The van der Waals surface area contributed by atoms with E-state index in [4.69, 9.17) is 4.74 Å². The number of nitrogens with zero attached hydrogens (tertiary/aromatic N) is 1. The van der Waals surface area contributed by atoms with Crippen molar-refractivity contribution < 1.29 is 4.74 Å². The molecule has 0 atom stereocenters. The lowest BCUT2D eigenvalue weighted by Gasteiger charge is -2.09. The Kier molecular flexibility index (Phi) is 8.19. The molecule has 0 saturated heterocycles. The number of benzene rings is 1. The summed E-state index contributed by atoms with van der Waals surface area (Å²) in [6.07, 6.45) is 3.79. The van der Waals surface area contributed by atoms with Crippen molar-refractivity contribution in [1.29, 1.82) is 0 Å². The number of hydrogen-bond donors (Lipinski definition) is 2. The minimum Gasteiger partial charge on any atom is -0.493 e. The number of aliphatic imine (C=N–C) groups is 1. The molecule has 4 nitrogen and oxygen atoms in total.